The molecule has 1 aliphatic carbocycles. The zero-order valence-electron chi connectivity index (χ0n) is 14.4. The van der Waals surface area contributed by atoms with Gasteiger partial charge in [-0.1, -0.05) is 0 Å². The van der Waals surface area contributed by atoms with Gasteiger partial charge in [-0.25, -0.2) is 4.98 Å². The number of nitrogens with zero attached hydrogens (tertiary/aromatic N) is 3. The van der Waals surface area contributed by atoms with Crippen molar-refractivity contribution in [3.8, 4) is 0 Å². The predicted octanol–water partition coefficient (Wildman–Crippen LogP) is -0.235. The topological polar surface area (TPSA) is 124 Å². The molecular weight excluding hydrogens is 336 g/mol. The molecule has 3 N–H and O–H groups in total. The minimum Gasteiger partial charge on any atom is -0.344 e. The first-order chi connectivity index (χ1) is 12.4. The van der Waals surface area contributed by atoms with Gasteiger partial charge >= 0.3 is 0 Å². The van der Waals surface area contributed by atoms with Gasteiger partial charge in [0.15, 0.2) is 5.82 Å². The number of rotatable bonds is 4. The fourth-order valence-electron chi connectivity index (χ4n) is 3.80. The second-order valence-corrected chi connectivity index (χ2v) is 7.08. The molecule has 4 rings (SSSR count). The van der Waals surface area contributed by atoms with Crippen LogP contribution in [-0.2, 0) is 11.2 Å². The van der Waals surface area contributed by atoms with E-state index in [1.807, 2.05) is 0 Å². The van der Waals surface area contributed by atoms with E-state index in [-0.39, 0.29) is 35.3 Å². The second-order valence-electron chi connectivity index (χ2n) is 7.08. The molecule has 9 heteroatoms. The fourth-order valence-corrected chi connectivity index (χ4v) is 3.80. The maximum Gasteiger partial charge on any atom is 0.253 e. The Morgan fingerprint density at radius 1 is 1.42 bits per heavy atom. The van der Waals surface area contributed by atoms with Crippen LogP contribution in [-0.4, -0.2) is 55.5 Å². The molecule has 0 spiro atoms. The number of aryl methyl sites for hydroxylation is 1. The van der Waals surface area contributed by atoms with E-state index in [2.05, 4.69) is 25.5 Å². The van der Waals surface area contributed by atoms with E-state index in [9.17, 15) is 14.4 Å². The van der Waals surface area contributed by atoms with E-state index in [0.717, 1.165) is 12.8 Å². The van der Waals surface area contributed by atoms with E-state index in [1.165, 1.54) is 18.3 Å². The Kier molecular flexibility index (Phi) is 3.86. The molecule has 0 aromatic carbocycles. The van der Waals surface area contributed by atoms with Crippen molar-refractivity contribution in [2.24, 2.45) is 5.92 Å². The van der Waals surface area contributed by atoms with Crippen molar-refractivity contribution >= 4 is 11.8 Å². The number of pyridine rings is 1. The average Bonchev–Trinajstić information content (AvgIpc) is 3.11. The van der Waals surface area contributed by atoms with E-state index in [4.69, 9.17) is 0 Å². The van der Waals surface area contributed by atoms with Crippen LogP contribution in [0, 0.1) is 12.8 Å². The number of hydrogen-bond acceptors (Lipinski definition) is 5. The molecule has 0 radical (unpaired) electrons. The number of nitrogens with one attached hydrogen (secondary N) is 3. The molecule has 136 valence electrons. The van der Waals surface area contributed by atoms with Gasteiger partial charge in [-0.2, -0.15) is 5.10 Å². The van der Waals surface area contributed by atoms with Crippen LogP contribution < -0.4 is 10.9 Å². The predicted molar refractivity (Wildman–Crippen MR) is 91.4 cm³/mol. The van der Waals surface area contributed by atoms with Crippen molar-refractivity contribution in [1.82, 2.24) is 30.4 Å². The molecule has 26 heavy (non-hydrogen) atoms. The van der Waals surface area contributed by atoms with Gasteiger partial charge in [-0.05, 0) is 25.8 Å². The number of carbonyl (C=O) groups excluding carboxylic acids is 2. The van der Waals surface area contributed by atoms with E-state index < -0.39 is 0 Å². The molecular formula is C17H20N6O3. The molecule has 2 aromatic rings. The maximum atomic E-state index is 12.6. The highest BCUT2D eigenvalue weighted by molar-refractivity contribution is 5.94. The SMILES string of the molecule is Cc1nc(CC(=O)N2C[C@@H]3CC[C@]3(NC(=O)c3ccc(=O)[nH]c3)C2)n[nH]1. The number of hydrogen-bond donors (Lipinski definition) is 3. The van der Waals surface area contributed by atoms with Gasteiger partial charge in [-0.3, -0.25) is 19.5 Å². The first-order valence-corrected chi connectivity index (χ1v) is 8.62. The minimum absolute atomic E-state index is 0.0314. The summed E-state index contributed by atoms with van der Waals surface area (Å²) in [6.45, 7) is 2.92. The molecule has 0 unspecified atom stereocenters. The van der Waals surface area contributed by atoms with Crippen molar-refractivity contribution < 1.29 is 9.59 Å². The van der Waals surface area contributed by atoms with Gasteiger partial charge in [0, 0.05) is 31.3 Å². The lowest BCUT2D eigenvalue weighted by Crippen LogP contribution is -2.60. The van der Waals surface area contributed by atoms with Crippen LogP contribution in [0.5, 0.6) is 0 Å². The number of fused-ring (bicyclic) bond motifs is 1. The molecule has 1 saturated carbocycles. The quantitative estimate of drug-likeness (QED) is 0.698. The summed E-state index contributed by atoms with van der Waals surface area (Å²) in [7, 11) is 0. The lowest BCUT2D eigenvalue weighted by molar-refractivity contribution is -0.129. The fraction of sp³-hybridized carbons (Fsp3) is 0.471. The van der Waals surface area contributed by atoms with Crippen molar-refractivity contribution in [2.75, 3.05) is 13.1 Å². The third-order valence-corrected chi connectivity index (χ3v) is 5.35. The number of amides is 2. The summed E-state index contributed by atoms with van der Waals surface area (Å²) in [5.74, 6) is 1.16. The van der Waals surface area contributed by atoms with Crippen LogP contribution in [0.4, 0.5) is 0 Å². The van der Waals surface area contributed by atoms with Gasteiger partial charge in [-0.15, -0.1) is 0 Å². The number of carbonyl (C=O) groups is 2. The summed E-state index contributed by atoms with van der Waals surface area (Å²) in [4.78, 5) is 44.7. The summed E-state index contributed by atoms with van der Waals surface area (Å²) >= 11 is 0. The summed E-state index contributed by atoms with van der Waals surface area (Å²) in [5, 5.41) is 9.84. The normalized spacial score (nSPS) is 24.0. The van der Waals surface area contributed by atoms with Gasteiger partial charge in [0.05, 0.1) is 17.5 Å². The Hall–Kier alpha value is -2.97. The molecule has 1 aliphatic heterocycles. The molecule has 2 aliphatic rings. The average molecular weight is 356 g/mol. The molecule has 2 aromatic heterocycles. The molecule has 1 saturated heterocycles. The van der Waals surface area contributed by atoms with Crippen LogP contribution in [0.25, 0.3) is 0 Å². The Balaban J connectivity index is 1.42. The maximum absolute atomic E-state index is 12.6. The highest BCUT2D eigenvalue weighted by Gasteiger charge is 2.54. The number of aromatic amines is 2. The number of H-pyrrole nitrogens is 2. The van der Waals surface area contributed by atoms with Crippen LogP contribution in [0.2, 0.25) is 0 Å². The second kappa shape index (κ2) is 6.08. The first-order valence-electron chi connectivity index (χ1n) is 8.62. The van der Waals surface area contributed by atoms with E-state index >= 15 is 0 Å². The van der Waals surface area contributed by atoms with Gasteiger partial charge in [0.1, 0.15) is 5.82 Å². The summed E-state index contributed by atoms with van der Waals surface area (Å²) in [6.07, 6.45) is 3.39. The summed E-state index contributed by atoms with van der Waals surface area (Å²) < 4.78 is 0. The monoisotopic (exact) mass is 356 g/mol. The highest BCUT2D eigenvalue weighted by Crippen LogP contribution is 2.44. The van der Waals surface area contributed by atoms with Gasteiger partial charge in [0.2, 0.25) is 11.5 Å². The third kappa shape index (κ3) is 2.89. The van der Waals surface area contributed by atoms with Crippen molar-refractivity contribution in [3.05, 3.63) is 45.9 Å². The highest BCUT2D eigenvalue weighted by atomic mass is 16.2. The van der Waals surface area contributed by atoms with Crippen molar-refractivity contribution in [1.29, 1.82) is 0 Å². The Morgan fingerprint density at radius 2 is 2.27 bits per heavy atom. The van der Waals surface area contributed by atoms with Gasteiger partial charge < -0.3 is 15.2 Å². The Labute approximate surface area is 149 Å². The van der Waals surface area contributed by atoms with E-state index in [1.54, 1.807) is 11.8 Å². The van der Waals surface area contributed by atoms with Crippen LogP contribution in [0.1, 0.15) is 34.8 Å². The van der Waals surface area contributed by atoms with Gasteiger partial charge in [0.25, 0.3) is 5.91 Å². The lowest BCUT2D eigenvalue weighted by Gasteiger charge is -2.44. The first kappa shape index (κ1) is 16.5. The molecule has 2 atom stereocenters. The van der Waals surface area contributed by atoms with Crippen LogP contribution in [0.3, 0.4) is 0 Å². The zero-order chi connectivity index (χ0) is 18.3. The van der Waals surface area contributed by atoms with Crippen LogP contribution in [0.15, 0.2) is 23.1 Å². The molecule has 2 fully saturated rings. The number of likely N-dealkylation sites (tertiary alicyclic amines) is 1. The Morgan fingerprint density at radius 3 is 2.88 bits per heavy atom. The smallest absolute Gasteiger partial charge is 0.253 e. The van der Waals surface area contributed by atoms with E-state index in [0.29, 0.717) is 30.3 Å². The summed E-state index contributed by atoms with van der Waals surface area (Å²) in [5.41, 5.74) is -0.218. The standard InChI is InChI=1S/C17H20N6O3/c1-10-19-13(22-21-10)6-15(25)23-8-12-4-5-17(12,9-23)20-16(26)11-2-3-14(24)18-7-11/h2-3,7,12H,4-6,8-9H2,1H3,(H,18,24)(H,20,26)(H,19,21,22)/t12-,17-/m0/s1. The molecule has 3 heterocycles. The largest absolute Gasteiger partial charge is 0.344 e. The third-order valence-electron chi connectivity index (χ3n) is 5.35. The zero-order valence-corrected chi connectivity index (χ0v) is 14.4. The van der Waals surface area contributed by atoms with Crippen molar-refractivity contribution in [2.45, 2.75) is 31.7 Å². The van der Waals surface area contributed by atoms with Crippen LogP contribution >= 0.6 is 0 Å². The summed E-state index contributed by atoms with van der Waals surface area (Å²) in [6, 6.07) is 2.83. The minimum atomic E-state index is -0.377. The van der Waals surface area contributed by atoms with Crippen molar-refractivity contribution in [3.63, 3.8) is 0 Å². The number of aromatic nitrogens is 4. The lowest BCUT2D eigenvalue weighted by atomic mass is 9.69. The molecule has 9 nitrogen and oxygen atoms in total. The Bertz CT molecular complexity index is 899. The molecule has 0 bridgehead atoms. The molecule has 2 amide bonds.